The summed E-state index contributed by atoms with van der Waals surface area (Å²) in [5.74, 6) is -0.316. The third-order valence-electron chi connectivity index (χ3n) is 3.28. The summed E-state index contributed by atoms with van der Waals surface area (Å²) in [5.41, 5.74) is 2.19. The zero-order valence-corrected chi connectivity index (χ0v) is 12.7. The molecule has 22 heavy (non-hydrogen) atoms. The van der Waals surface area contributed by atoms with E-state index in [-0.39, 0.29) is 12.6 Å². The number of ether oxygens (including phenoxy) is 2. The second-order valence-corrected chi connectivity index (χ2v) is 4.94. The number of esters is 1. The molecule has 116 valence electrons. The van der Waals surface area contributed by atoms with E-state index in [9.17, 15) is 4.79 Å². The monoisotopic (exact) mass is 299 g/mol. The van der Waals surface area contributed by atoms with Crippen molar-refractivity contribution < 1.29 is 14.3 Å². The van der Waals surface area contributed by atoms with Crippen LogP contribution in [0.3, 0.4) is 0 Å². The van der Waals surface area contributed by atoms with Gasteiger partial charge in [-0.2, -0.15) is 0 Å². The van der Waals surface area contributed by atoms with Crippen molar-refractivity contribution in [3.05, 3.63) is 71.8 Å². The molecule has 1 N–H and O–H groups in total. The first kappa shape index (κ1) is 16.2. The summed E-state index contributed by atoms with van der Waals surface area (Å²) in [5, 5.41) is 3.17. The van der Waals surface area contributed by atoms with Gasteiger partial charge in [0, 0.05) is 6.54 Å². The van der Waals surface area contributed by atoms with Gasteiger partial charge in [-0.3, -0.25) is 10.1 Å². The first-order chi connectivity index (χ1) is 10.8. The zero-order chi connectivity index (χ0) is 15.6. The molecule has 0 heterocycles. The predicted molar refractivity (Wildman–Crippen MR) is 85.2 cm³/mol. The number of hydrogen-bond acceptors (Lipinski definition) is 4. The third-order valence-corrected chi connectivity index (χ3v) is 3.28. The number of rotatable bonds is 8. The van der Waals surface area contributed by atoms with Crippen molar-refractivity contribution >= 4 is 5.97 Å². The van der Waals surface area contributed by atoms with Crippen molar-refractivity contribution in [2.45, 2.75) is 19.2 Å². The standard InChI is InChI=1S/C18H21NO3/c1-21-18(20)17(19-12-15-8-4-2-5-9-15)14-22-13-16-10-6-3-7-11-16/h2-11,17,19H,12-14H2,1H3. The molecule has 1 unspecified atom stereocenters. The van der Waals surface area contributed by atoms with Crippen LogP contribution in [0.5, 0.6) is 0 Å². The van der Waals surface area contributed by atoms with Gasteiger partial charge >= 0.3 is 5.97 Å². The lowest BCUT2D eigenvalue weighted by atomic mass is 10.2. The molecular weight excluding hydrogens is 278 g/mol. The van der Waals surface area contributed by atoms with Crippen molar-refractivity contribution in [2.75, 3.05) is 13.7 Å². The van der Waals surface area contributed by atoms with E-state index in [1.54, 1.807) is 0 Å². The van der Waals surface area contributed by atoms with Gasteiger partial charge in [0.25, 0.3) is 0 Å². The van der Waals surface area contributed by atoms with E-state index in [4.69, 9.17) is 9.47 Å². The minimum atomic E-state index is -0.478. The van der Waals surface area contributed by atoms with Crippen LogP contribution in [-0.4, -0.2) is 25.7 Å². The van der Waals surface area contributed by atoms with Crippen LogP contribution in [0.25, 0.3) is 0 Å². The van der Waals surface area contributed by atoms with Crippen molar-refractivity contribution in [1.82, 2.24) is 5.32 Å². The van der Waals surface area contributed by atoms with Gasteiger partial charge in [-0.05, 0) is 11.1 Å². The molecule has 0 amide bonds. The van der Waals surface area contributed by atoms with E-state index in [1.165, 1.54) is 7.11 Å². The van der Waals surface area contributed by atoms with E-state index in [0.29, 0.717) is 13.2 Å². The van der Waals surface area contributed by atoms with E-state index in [2.05, 4.69) is 5.32 Å². The van der Waals surface area contributed by atoms with Gasteiger partial charge in [-0.25, -0.2) is 0 Å². The molecule has 4 heteroatoms. The van der Waals surface area contributed by atoms with Crippen molar-refractivity contribution in [3.8, 4) is 0 Å². The highest BCUT2D eigenvalue weighted by Gasteiger charge is 2.18. The molecule has 0 bridgehead atoms. The van der Waals surface area contributed by atoms with Gasteiger partial charge in [0.05, 0.1) is 20.3 Å². The Bertz CT molecular complexity index is 557. The second-order valence-electron chi connectivity index (χ2n) is 4.94. The molecule has 1 atom stereocenters. The molecule has 0 aliphatic heterocycles. The zero-order valence-electron chi connectivity index (χ0n) is 12.7. The Morgan fingerprint density at radius 3 is 2.18 bits per heavy atom. The topological polar surface area (TPSA) is 47.6 Å². The third kappa shape index (κ3) is 5.31. The van der Waals surface area contributed by atoms with Crippen LogP contribution in [0.2, 0.25) is 0 Å². The average Bonchev–Trinajstić information content (AvgIpc) is 2.59. The largest absolute Gasteiger partial charge is 0.468 e. The Balaban J connectivity index is 1.82. The Hall–Kier alpha value is -2.17. The summed E-state index contributed by atoms with van der Waals surface area (Å²) in [4.78, 5) is 11.8. The summed E-state index contributed by atoms with van der Waals surface area (Å²) in [6, 6.07) is 19.3. The van der Waals surface area contributed by atoms with E-state index in [0.717, 1.165) is 11.1 Å². The Morgan fingerprint density at radius 1 is 1.00 bits per heavy atom. The molecule has 0 radical (unpaired) electrons. The van der Waals surface area contributed by atoms with Crippen molar-refractivity contribution in [3.63, 3.8) is 0 Å². The van der Waals surface area contributed by atoms with Gasteiger partial charge in [-0.15, -0.1) is 0 Å². The molecule has 0 aliphatic rings. The van der Waals surface area contributed by atoms with Gasteiger partial charge in [0.1, 0.15) is 6.04 Å². The lowest BCUT2D eigenvalue weighted by Crippen LogP contribution is -2.41. The maximum atomic E-state index is 11.8. The van der Waals surface area contributed by atoms with Gasteiger partial charge < -0.3 is 9.47 Å². The van der Waals surface area contributed by atoms with Crippen molar-refractivity contribution in [2.24, 2.45) is 0 Å². The highest BCUT2D eigenvalue weighted by molar-refractivity contribution is 5.75. The van der Waals surface area contributed by atoms with Gasteiger partial charge in [0.15, 0.2) is 0 Å². The summed E-state index contributed by atoms with van der Waals surface area (Å²) in [6.45, 7) is 1.34. The fraction of sp³-hybridized carbons (Fsp3) is 0.278. The molecule has 0 fully saturated rings. The van der Waals surface area contributed by atoms with Gasteiger partial charge in [0.2, 0.25) is 0 Å². The highest BCUT2D eigenvalue weighted by Crippen LogP contribution is 2.03. The SMILES string of the molecule is COC(=O)C(COCc1ccccc1)NCc1ccccc1. The summed E-state index contributed by atoms with van der Waals surface area (Å²) >= 11 is 0. The molecule has 0 spiro atoms. The lowest BCUT2D eigenvalue weighted by molar-refractivity contribution is -0.145. The molecule has 2 aromatic rings. The molecule has 0 aromatic heterocycles. The van der Waals surface area contributed by atoms with Crippen molar-refractivity contribution in [1.29, 1.82) is 0 Å². The number of methoxy groups -OCH3 is 1. The minimum Gasteiger partial charge on any atom is -0.468 e. The molecule has 4 nitrogen and oxygen atoms in total. The van der Waals surface area contributed by atoms with Crippen LogP contribution < -0.4 is 5.32 Å². The van der Waals surface area contributed by atoms with Crippen LogP contribution in [0, 0.1) is 0 Å². The maximum absolute atomic E-state index is 11.8. The lowest BCUT2D eigenvalue weighted by Gasteiger charge is -2.16. The number of carbonyl (C=O) groups is 1. The van der Waals surface area contributed by atoms with Gasteiger partial charge in [-0.1, -0.05) is 60.7 Å². The fourth-order valence-corrected chi connectivity index (χ4v) is 2.06. The molecule has 2 rings (SSSR count). The number of benzene rings is 2. The average molecular weight is 299 g/mol. The molecule has 0 saturated carbocycles. The number of carbonyl (C=O) groups excluding carboxylic acids is 1. The first-order valence-electron chi connectivity index (χ1n) is 7.26. The Labute approximate surface area is 131 Å². The smallest absolute Gasteiger partial charge is 0.325 e. The fourth-order valence-electron chi connectivity index (χ4n) is 2.06. The summed E-state index contributed by atoms with van der Waals surface area (Å²) < 4.78 is 10.5. The quantitative estimate of drug-likeness (QED) is 0.761. The van der Waals surface area contributed by atoms with E-state index < -0.39 is 6.04 Å². The van der Waals surface area contributed by atoms with E-state index in [1.807, 2.05) is 60.7 Å². The number of nitrogens with one attached hydrogen (secondary N) is 1. The minimum absolute atomic E-state index is 0.272. The summed E-state index contributed by atoms with van der Waals surface area (Å²) in [7, 11) is 1.39. The normalized spacial score (nSPS) is 11.9. The first-order valence-corrected chi connectivity index (χ1v) is 7.26. The maximum Gasteiger partial charge on any atom is 0.325 e. The molecule has 2 aromatic carbocycles. The Morgan fingerprint density at radius 2 is 1.59 bits per heavy atom. The van der Waals surface area contributed by atoms with Crippen LogP contribution in [0.4, 0.5) is 0 Å². The Kier molecular flexibility index (Phi) is 6.61. The predicted octanol–water partition coefficient (Wildman–Crippen LogP) is 2.53. The second kappa shape index (κ2) is 8.97. The number of hydrogen-bond donors (Lipinski definition) is 1. The molecular formula is C18H21NO3. The van der Waals surface area contributed by atoms with Crippen LogP contribution in [0.1, 0.15) is 11.1 Å². The van der Waals surface area contributed by atoms with Crippen LogP contribution >= 0.6 is 0 Å². The molecule has 0 aliphatic carbocycles. The van der Waals surface area contributed by atoms with E-state index >= 15 is 0 Å². The van der Waals surface area contributed by atoms with Crippen LogP contribution in [-0.2, 0) is 27.4 Å². The summed E-state index contributed by atoms with van der Waals surface area (Å²) in [6.07, 6.45) is 0. The van der Waals surface area contributed by atoms with Crippen LogP contribution in [0.15, 0.2) is 60.7 Å². The highest BCUT2D eigenvalue weighted by atomic mass is 16.5. The molecule has 0 saturated heterocycles.